The molecule has 0 rings (SSSR count). The van der Waals surface area contributed by atoms with Gasteiger partial charge in [-0.25, -0.2) is 0 Å². The molecule has 0 atom stereocenters. The van der Waals surface area contributed by atoms with E-state index in [4.69, 9.17) is 0 Å². The van der Waals surface area contributed by atoms with Crippen LogP contribution in [0.5, 0.6) is 0 Å². The minimum atomic E-state index is 0.188. The number of hydrogen-bond acceptors (Lipinski definition) is 0. The smallest absolute Gasteiger partial charge is 0.0281 e. The first kappa shape index (κ1) is 11.6. The second kappa shape index (κ2) is 5.25. The summed E-state index contributed by atoms with van der Waals surface area (Å²) >= 11 is 0. The van der Waals surface area contributed by atoms with Crippen LogP contribution in [0.3, 0.4) is 0 Å². The summed E-state index contributed by atoms with van der Waals surface area (Å²) in [6.07, 6.45) is 3.55. The van der Waals surface area contributed by atoms with Gasteiger partial charge in [-0.1, -0.05) is 33.1 Å². The third kappa shape index (κ3) is 4.44. The standard InChI is InChI=1S/C12H22/c1-6-7-8-9-10-12(4,5)11(2)3/h11H,6-8H2,1-5H3. The van der Waals surface area contributed by atoms with Crippen LogP contribution < -0.4 is 0 Å². The molecule has 0 aliphatic rings. The zero-order valence-electron chi connectivity index (χ0n) is 9.20. The van der Waals surface area contributed by atoms with Gasteiger partial charge in [0.2, 0.25) is 0 Å². The van der Waals surface area contributed by atoms with Crippen molar-refractivity contribution >= 4 is 0 Å². The van der Waals surface area contributed by atoms with Gasteiger partial charge in [0.25, 0.3) is 0 Å². The highest BCUT2D eigenvalue weighted by Crippen LogP contribution is 2.24. The van der Waals surface area contributed by atoms with Crippen molar-refractivity contribution in [2.75, 3.05) is 0 Å². The molecule has 70 valence electrons. The van der Waals surface area contributed by atoms with Gasteiger partial charge in [-0.2, -0.15) is 0 Å². The predicted octanol–water partition coefficient (Wildman–Crippen LogP) is 3.86. The molecule has 0 radical (unpaired) electrons. The lowest BCUT2D eigenvalue weighted by Gasteiger charge is -2.22. The van der Waals surface area contributed by atoms with Crippen LogP contribution in [0, 0.1) is 23.2 Å². The van der Waals surface area contributed by atoms with Crippen molar-refractivity contribution in [3.05, 3.63) is 0 Å². The van der Waals surface area contributed by atoms with Crippen LogP contribution in [0.4, 0.5) is 0 Å². The van der Waals surface area contributed by atoms with E-state index in [1.54, 1.807) is 0 Å². The highest BCUT2D eigenvalue weighted by molar-refractivity contribution is 5.09. The van der Waals surface area contributed by atoms with Gasteiger partial charge in [-0.15, -0.1) is 5.92 Å². The summed E-state index contributed by atoms with van der Waals surface area (Å²) in [5.74, 6) is 7.25. The summed E-state index contributed by atoms with van der Waals surface area (Å²) in [6.45, 7) is 11.1. The van der Waals surface area contributed by atoms with Crippen LogP contribution in [0.2, 0.25) is 0 Å². The van der Waals surface area contributed by atoms with Crippen molar-refractivity contribution in [3.8, 4) is 11.8 Å². The van der Waals surface area contributed by atoms with E-state index in [9.17, 15) is 0 Å². The summed E-state index contributed by atoms with van der Waals surface area (Å²) in [5.41, 5.74) is 0.188. The first-order chi connectivity index (χ1) is 5.50. The molecule has 0 amide bonds. The van der Waals surface area contributed by atoms with Gasteiger partial charge in [0, 0.05) is 11.8 Å². The Kier molecular flexibility index (Phi) is 5.06. The zero-order valence-corrected chi connectivity index (χ0v) is 9.20. The average molecular weight is 166 g/mol. The third-order valence-electron chi connectivity index (χ3n) is 2.51. The van der Waals surface area contributed by atoms with Crippen LogP contribution in [-0.2, 0) is 0 Å². The Labute approximate surface area is 77.8 Å². The molecule has 12 heavy (non-hydrogen) atoms. The predicted molar refractivity (Wildman–Crippen MR) is 55.9 cm³/mol. The fraction of sp³-hybridized carbons (Fsp3) is 0.833. The number of rotatable bonds is 3. The molecular formula is C12H22. The van der Waals surface area contributed by atoms with E-state index in [-0.39, 0.29) is 5.41 Å². The molecule has 0 aliphatic carbocycles. The second-order valence-electron chi connectivity index (χ2n) is 4.28. The number of hydrogen-bond donors (Lipinski definition) is 0. The van der Waals surface area contributed by atoms with Crippen LogP contribution in [0.1, 0.15) is 53.9 Å². The molecule has 0 aromatic heterocycles. The van der Waals surface area contributed by atoms with E-state index in [0.29, 0.717) is 5.92 Å². The van der Waals surface area contributed by atoms with E-state index >= 15 is 0 Å². The first-order valence-electron chi connectivity index (χ1n) is 5.00. The Bertz CT molecular complexity index is 164. The van der Waals surface area contributed by atoms with Gasteiger partial charge in [-0.05, 0) is 26.2 Å². The monoisotopic (exact) mass is 166 g/mol. The molecule has 0 N–H and O–H groups in total. The van der Waals surface area contributed by atoms with E-state index in [1.807, 2.05) is 0 Å². The Morgan fingerprint density at radius 2 is 1.83 bits per heavy atom. The molecule has 0 aromatic rings. The summed E-state index contributed by atoms with van der Waals surface area (Å²) in [6, 6.07) is 0. The summed E-state index contributed by atoms with van der Waals surface area (Å²) in [7, 11) is 0. The highest BCUT2D eigenvalue weighted by atomic mass is 14.2. The van der Waals surface area contributed by atoms with Crippen molar-refractivity contribution in [1.29, 1.82) is 0 Å². The van der Waals surface area contributed by atoms with Gasteiger partial charge in [0.15, 0.2) is 0 Å². The largest absolute Gasteiger partial charge is 0.103 e. The summed E-state index contributed by atoms with van der Waals surface area (Å²) in [5, 5.41) is 0. The molecular weight excluding hydrogens is 144 g/mol. The molecule has 0 saturated carbocycles. The Hall–Kier alpha value is -0.440. The molecule has 0 bridgehead atoms. The minimum Gasteiger partial charge on any atom is -0.103 e. The Balaban J connectivity index is 3.92. The van der Waals surface area contributed by atoms with Crippen molar-refractivity contribution in [2.24, 2.45) is 11.3 Å². The lowest BCUT2D eigenvalue weighted by molar-refractivity contribution is 0.349. The molecule has 0 saturated heterocycles. The fourth-order valence-corrected chi connectivity index (χ4v) is 0.700. The molecule has 0 heteroatoms. The number of unbranched alkanes of at least 4 members (excludes halogenated alkanes) is 2. The van der Waals surface area contributed by atoms with Crippen LogP contribution in [-0.4, -0.2) is 0 Å². The van der Waals surface area contributed by atoms with Crippen LogP contribution >= 0.6 is 0 Å². The lowest BCUT2D eigenvalue weighted by Crippen LogP contribution is -2.16. The topological polar surface area (TPSA) is 0 Å². The molecule has 0 unspecified atom stereocenters. The van der Waals surface area contributed by atoms with E-state index in [0.717, 1.165) is 6.42 Å². The van der Waals surface area contributed by atoms with Crippen molar-refractivity contribution in [2.45, 2.75) is 53.9 Å². The molecule has 0 aliphatic heterocycles. The highest BCUT2D eigenvalue weighted by Gasteiger charge is 2.18. The van der Waals surface area contributed by atoms with Gasteiger partial charge in [-0.3, -0.25) is 0 Å². The van der Waals surface area contributed by atoms with E-state index in [2.05, 4.69) is 46.5 Å². The van der Waals surface area contributed by atoms with Crippen molar-refractivity contribution in [1.82, 2.24) is 0 Å². The molecule has 0 aromatic carbocycles. The van der Waals surface area contributed by atoms with Gasteiger partial charge >= 0.3 is 0 Å². The zero-order chi connectivity index (χ0) is 9.61. The van der Waals surface area contributed by atoms with Gasteiger partial charge in [0.1, 0.15) is 0 Å². The lowest BCUT2D eigenvalue weighted by atomic mass is 9.82. The van der Waals surface area contributed by atoms with Crippen molar-refractivity contribution in [3.63, 3.8) is 0 Å². The van der Waals surface area contributed by atoms with Crippen LogP contribution in [0.15, 0.2) is 0 Å². The second-order valence-corrected chi connectivity index (χ2v) is 4.28. The van der Waals surface area contributed by atoms with Gasteiger partial charge in [0.05, 0.1) is 0 Å². The minimum absolute atomic E-state index is 0.188. The first-order valence-corrected chi connectivity index (χ1v) is 5.00. The molecule has 0 nitrogen and oxygen atoms in total. The molecule has 0 spiro atoms. The summed E-state index contributed by atoms with van der Waals surface area (Å²) in [4.78, 5) is 0. The third-order valence-corrected chi connectivity index (χ3v) is 2.51. The maximum Gasteiger partial charge on any atom is 0.0281 e. The quantitative estimate of drug-likeness (QED) is 0.441. The maximum absolute atomic E-state index is 3.34. The normalized spacial score (nSPS) is 11.2. The molecule has 0 heterocycles. The van der Waals surface area contributed by atoms with Gasteiger partial charge < -0.3 is 0 Å². The van der Waals surface area contributed by atoms with E-state index in [1.165, 1.54) is 12.8 Å². The maximum atomic E-state index is 3.34. The van der Waals surface area contributed by atoms with Crippen molar-refractivity contribution < 1.29 is 0 Å². The van der Waals surface area contributed by atoms with Crippen LogP contribution in [0.25, 0.3) is 0 Å². The Morgan fingerprint density at radius 1 is 1.25 bits per heavy atom. The Morgan fingerprint density at radius 3 is 2.25 bits per heavy atom. The fourth-order valence-electron chi connectivity index (χ4n) is 0.700. The average Bonchev–Trinajstić information content (AvgIpc) is 1.98. The van der Waals surface area contributed by atoms with E-state index < -0.39 is 0 Å². The SMILES string of the molecule is CCCCC#CC(C)(C)C(C)C. The summed E-state index contributed by atoms with van der Waals surface area (Å²) < 4.78 is 0. The molecule has 0 fully saturated rings.